The lowest BCUT2D eigenvalue weighted by atomic mass is 10.0. The first kappa shape index (κ1) is 55.5. The highest BCUT2D eigenvalue weighted by Crippen LogP contribution is 2.43. The number of unbranched alkanes of at least 4 members (excludes halogenated alkanes) is 14. The predicted octanol–water partition coefficient (Wildman–Crippen LogP) is 12.6. The quantitative estimate of drug-likeness (QED) is 0.0119. The Morgan fingerprint density at radius 2 is 1.22 bits per heavy atom. The predicted molar refractivity (Wildman–Crippen MR) is 243 cm³/mol. The highest BCUT2D eigenvalue weighted by molar-refractivity contribution is 7.47. The molecule has 0 aliphatic heterocycles. The number of allylic oxidation sites excluding steroid dienone is 11. The minimum Gasteiger partial charge on any atom is -0.492 e. The largest absolute Gasteiger partial charge is 0.492 e. The molecule has 0 spiro atoms. The SMILES string of the molecule is CC/C=C\C/C=C\C/C=C\C/C=C\C=C/C(O)C/C=C\CCC(=O)OC[C@H](COP(=O)(O)OCC[N+](C)(C)C)O/C=C/CCCCCCCCCCCCCCCC. The van der Waals surface area contributed by atoms with Crippen LogP contribution in [0.4, 0.5) is 0 Å². The number of quaternary nitrogens is 1. The summed E-state index contributed by atoms with van der Waals surface area (Å²) in [5, 5.41) is 10.2. The first-order chi connectivity index (χ1) is 28.0. The Kier molecular flexibility index (Phi) is 38.2. The topological polar surface area (TPSA) is 112 Å². The number of carbonyl (C=O) groups is 1. The van der Waals surface area contributed by atoms with Crippen LogP contribution < -0.4 is 0 Å². The molecule has 0 aromatic carbocycles. The van der Waals surface area contributed by atoms with Gasteiger partial charge in [-0.25, -0.2) is 4.57 Å². The van der Waals surface area contributed by atoms with E-state index in [0.29, 0.717) is 23.9 Å². The summed E-state index contributed by atoms with van der Waals surface area (Å²) in [4.78, 5) is 22.7. The Bertz CT molecular complexity index is 1220. The van der Waals surface area contributed by atoms with Gasteiger partial charge in [-0.05, 0) is 57.4 Å². The molecule has 2 N–H and O–H groups in total. The molecular formula is C48H85NO8P+. The van der Waals surface area contributed by atoms with E-state index in [-0.39, 0.29) is 26.2 Å². The van der Waals surface area contributed by atoms with E-state index in [4.69, 9.17) is 18.5 Å². The summed E-state index contributed by atoms with van der Waals surface area (Å²) < 4.78 is 34.6. The van der Waals surface area contributed by atoms with Gasteiger partial charge in [-0.2, -0.15) is 0 Å². The monoisotopic (exact) mass is 835 g/mol. The maximum atomic E-state index is 12.5. The molecule has 10 heteroatoms. The first-order valence-corrected chi connectivity index (χ1v) is 24.0. The normalized spacial score (nSPS) is 15.0. The van der Waals surface area contributed by atoms with E-state index >= 15 is 0 Å². The van der Waals surface area contributed by atoms with Crippen molar-refractivity contribution in [1.82, 2.24) is 0 Å². The van der Waals surface area contributed by atoms with Crippen LogP contribution in [0.15, 0.2) is 85.3 Å². The van der Waals surface area contributed by atoms with Crippen molar-refractivity contribution in [3.63, 3.8) is 0 Å². The number of nitrogens with zero attached hydrogens (tertiary/aromatic N) is 1. The Labute approximate surface area is 355 Å². The molecule has 58 heavy (non-hydrogen) atoms. The van der Waals surface area contributed by atoms with Crippen LogP contribution >= 0.6 is 7.82 Å². The van der Waals surface area contributed by atoms with E-state index in [1.807, 2.05) is 57.6 Å². The van der Waals surface area contributed by atoms with Gasteiger partial charge in [0.25, 0.3) is 0 Å². The van der Waals surface area contributed by atoms with Crippen LogP contribution in [-0.2, 0) is 27.9 Å². The molecule has 0 aromatic rings. The third-order valence-electron chi connectivity index (χ3n) is 9.15. The number of phosphoric acid groups is 1. The number of aliphatic hydroxyl groups excluding tert-OH is 1. The van der Waals surface area contributed by atoms with Crippen molar-refractivity contribution >= 4 is 13.8 Å². The fourth-order valence-electron chi connectivity index (χ4n) is 5.59. The lowest BCUT2D eigenvalue weighted by molar-refractivity contribution is -0.870. The lowest BCUT2D eigenvalue weighted by Crippen LogP contribution is -2.37. The number of likely N-dealkylation sites (N-methyl/N-ethyl adjacent to an activating group) is 1. The van der Waals surface area contributed by atoms with Crippen LogP contribution in [0, 0.1) is 0 Å². The maximum absolute atomic E-state index is 12.5. The zero-order chi connectivity index (χ0) is 42.8. The van der Waals surface area contributed by atoms with Gasteiger partial charge in [0.15, 0.2) is 6.10 Å². The molecular weight excluding hydrogens is 750 g/mol. The summed E-state index contributed by atoms with van der Waals surface area (Å²) in [5.41, 5.74) is 0. The van der Waals surface area contributed by atoms with Crippen LogP contribution in [0.5, 0.6) is 0 Å². The average Bonchev–Trinajstić information content (AvgIpc) is 3.17. The van der Waals surface area contributed by atoms with Gasteiger partial charge in [0.1, 0.15) is 19.8 Å². The zero-order valence-electron chi connectivity index (χ0n) is 37.4. The van der Waals surface area contributed by atoms with Gasteiger partial charge < -0.3 is 24.0 Å². The van der Waals surface area contributed by atoms with E-state index in [1.54, 1.807) is 12.3 Å². The van der Waals surface area contributed by atoms with E-state index in [2.05, 4.69) is 50.3 Å². The number of aliphatic hydroxyl groups is 1. The van der Waals surface area contributed by atoms with Crippen LogP contribution in [0.1, 0.15) is 155 Å². The van der Waals surface area contributed by atoms with Crippen molar-refractivity contribution in [2.45, 2.75) is 167 Å². The fraction of sp³-hybridized carbons (Fsp3) is 0.688. The minimum atomic E-state index is -4.31. The van der Waals surface area contributed by atoms with Gasteiger partial charge in [0.05, 0.1) is 40.1 Å². The van der Waals surface area contributed by atoms with Gasteiger partial charge in [-0.1, -0.05) is 170 Å². The number of carbonyl (C=O) groups excluding carboxylic acids is 1. The van der Waals surface area contributed by atoms with Crippen LogP contribution in [0.25, 0.3) is 0 Å². The molecule has 0 aliphatic rings. The van der Waals surface area contributed by atoms with E-state index in [0.717, 1.165) is 38.5 Å². The second-order valence-electron chi connectivity index (χ2n) is 16.0. The molecule has 0 bridgehead atoms. The van der Waals surface area contributed by atoms with Gasteiger partial charge in [-0.3, -0.25) is 13.8 Å². The second-order valence-corrected chi connectivity index (χ2v) is 17.4. The molecule has 0 rings (SSSR count). The smallest absolute Gasteiger partial charge is 0.472 e. The van der Waals surface area contributed by atoms with Crippen LogP contribution in [-0.4, -0.2) is 80.2 Å². The Balaban J connectivity index is 4.50. The zero-order valence-corrected chi connectivity index (χ0v) is 38.3. The third kappa shape index (κ3) is 43.1. The van der Waals surface area contributed by atoms with Crippen molar-refractivity contribution in [2.75, 3.05) is 47.5 Å². The molecule has 0 aromatic heterocycles. The van der Waals surface area contributed by atoms with Gasteiger partial charge in [0, 0.05) is 6.42 Å². The van der Waals surface area contributed by atoms with Crippen LogP contribution in [0.2, 0.25) is 0 Å². The molecule has 0 heterocycles. The van der Waals surface area contributed by atoms with Crippen molar-refractivity contribution in [2.24, 2.45) is 0 Å². The molecule has 0 saturated heterocycles. The third-order valence-corrected chi connectivity index (χ3v) is 10.1. The Morgan fingerprint density at radius 3 is 1.81 bits per heavy atom. The number of hydrogen-bond acceptors (Lipinski definition) is 7. The van der Waals surface area contributed by atoms with Crippen molar-refractivity contribution < 1.29 is 42.4 Å². The maximum Gasteiger partial charge on any atom is 0.472 e. The van der Waals surface area contributed by atoms with Crippen LogP contribution in [0.3, 0.4) is 0 Å². The minimum absolute atomic E-state index is 0.0585. The first-order valence-electron chi connectivity index (χ1n) is 22.5. The molecule has 0 aliphatic carbocycles. The molecule has 0 fully saturated rings. The highest BCUT2D eigenvalue weighted by Gasteiger charge is 2.25. The molecule has 9 nitrogen and oxygen atoms in total. The van der Waals surface area contributed by atoms with Crippen molar-refractivity contribution in [1.29, 1.82) is 0 Å². The number of ether oxygens (including phenoxy) is 2. The Hall–Kier alpha value is -2.52. The second kappa shape index (κ2) is 39.9. The summed E-state index contributed by atoms with van der Waals surface area (Å²) in [6.45, 7) is 4.58. The molecule has 3 atom stereocenters. The van der Waals surface area contributed by atoms with Gasteiger partial charge in [0.2, 0.25) is 0 Å². The number of esters is 1. The standard InChI is InChI=1S/C48H84NO8P/c1-6-8-10-12-14-16-18-20-21-22-24-26-28-30-32-37-42-54-47(45-57-58(52,53)56-43-41-49(3,4)5)44-55-48(51)40-36-33-35-39-46(50)38-34-31-29-27-25-23-19-17-15-13-11-9-7-2/h9,11,15,17,23,25,29,31,33-35,37-38,42,46-47,50H,6-8,10,12-14,16,18-22,24,26-28,30,32,36,39-41,43-45H2,1-5H3/p+1/b11-9-,17-15-,25-23-,31-29-,35-33-,38-34-,42-37+/t46?,47-/m1/s1. The van der Waals surface area contributed by atoms with E-state index < -0.39 is 26.0 Å². The van der Waals surface area contributed by atoms with E-state index in [9.17, 15) is 19.4 Å². The summed E-state index contributed by atoms with van der Waals surface area (Å²) >= 11 is 0. The Morgan fingerprint density at radius 1 is 0.655 bits per heavy atom. The number of phosphoric ester groups is 1. The lowest BCUT2D eigenvalue weighted by Gasteiger charge is -2.24. The van der Waals surface area contributed by atoms with E-state index in [1.165, 1.54) is 83.5 Å². The van der Waals surface area contributed by atoms with Crippen molar-refractivity contribution in [3.8, 4) is 0 Å². The molecule has 0 amide bonds. The number of hydrogen-bond donors (Lipinski definition) is 2. The average molecular weight is 835 g/mol. The summed E-state index contributed by atoms with van der Waals surface area (Å²) in [7, 11) is 1.57. The molecule has 0 radical (unpaired) electrons. The molecule has 2 unspecified atom stereocenters. The summed E-state index contributed by atoms with van der Waals surface area (Å²) in [6.07, 6.45) is 50.4. The number of rotatable bonds is 40. The summed E-state index contributed by atoms with van der Waals surface area (Å²) in [5.74, 6) is -0.421. The highest BCUT2D eigenvalue weighted by atomic mass is 31.2. The molecule has 0 saturated carbocycles. The fourth-order valence-corrected chi connectivity index (χ4v) is 6.33. The summed E-state index contributed by atoms with van der Waals surface area (Å²) in [6, 6.07) is 0. The van der Waals surface area contributed by atoms with Gasteiger partial charge >= 0.3 is 13.8 Å². The molecule has 334 valence electrons. The van der Waals surface area contributed by atoms with Crippen molar-refractivity contribution in [3.05, 3.63) is 85.3 Å². The van der Waals surface area contributed by atoms with Gasteiger partial charge in [-0.15, -0.1) is 0 Å².